The molecule has 4 aromatic rings. The van der Waals surface area contributed by atoms with E-state index in [2.05, 4.69) is 32.4 Å². The van der Waals surface area contributed by atoms with Gasteiger partial charge in [-0.15, -0.1) is 10.2 Å². The smallest absolute Gasteiger partial charge is 0.228 e. The second-order valence-corrected chi connectivity index (χ2v) is 9.27. The number of aromatic amines is 1. The van der Waals surface area contributed by atoms with Crippen molar-refractivity contribution in [2.24, 2.45) is 0 Å². The SMILES string of the molecule is COc1nc(N[C@H]2C[C@](C)(N3CCCC3=O)C2)nc2[nH]cc(-c3ccc4nnc(C)n4c3)c12. The molecule has 1 amide bonds. The van der Waals surface area contributed by atoms with E-state index < -0.39 is 0 Å². The topological polar surface area (TPSA) is 113 Å². The first-order chi connectivity index (χ1) is 15.9. The number of H-pyrrole nitrogens is 1. The van der Waals surface area contributed by atoms with Gasteiger partial charge < -0.3 is 19.9 Å². The van der Waals surface area contributed by atoms with Crippen molar-refractivity contribution < 1.29 is 9.53 Å². The lowest BCUT2D eigenvalue weighted by Gasteiger charge is -2.51. The molecule has 0 aromatic carbocycles. The average Bonchev–Trinajstić information content (AvgIpc) is 3.50. The van der Waals surface area contributed by atoms with Crippen molar-refractivity contribution >= 4 is 28.5 Å². The molecule has 1 saturated heterocycles. The summed E-state index contributed by atoms with van der Waals surface area (Å²) in [5.41, 5.74) is 3.37. The lowest BCUT2D eigenvalue weighted by atomic mass is 9.73. The van der Waals surface area contributed by atoms with Crippen LogP contribution in [0.5, 0.6) is 5.88 Å². The maximum absolute atomic E-state index is 12.2. The number of hydrogen-bond donors (Lipinski definition) is 2. The van der Waals surface area contributed by atoms with E-state index in [1.54, 1.807) is 7.11 Å². The molecule has 5 heterocycles. The Morgan fingerprint density at radius 3 is 2.85 bits per heavy atom. The van der Waals surface area contributed by atoms with E-state index >= 15 is 0 Å². The molecule has 6 rings (SSSR count). The molecule has 0 atom stereocenters. The van der Waals surface area contributed by atoms with Gasteiger partial charge in [0.15, 0.2) is 5.65 Å². The summed E-state index contributed by atoms with van der Waals surface area (Å²) in [7, 11) is 1.62. The highest BCUT2D eigenvalue weighted by molar-refractivity contribution is 5.97. The van der Waals surface area contributed by atoms with Gasteiger partial charge in [0, 0.05) is 48.1 Å². The van der Waals surface area contributed by atoms with Gasteiger partial charge in [0.05, 0.1) is 12.5 Å². The summed E-state index contributed by atoms with van der Waals surface area (Å²) in [6.45, 7) is 4.96. The second kappa shape index (κ2) is 7.16. The Bertz CT molecular complexity index is 1380. The van der Waals surface area contributed by atoms with E-state index in [1.807, 2.05) is 40.8 Å². The molecule has 1 aliphatic heterocycles. The number of fused-ring (bicyclic) bond motifs is 2. The van der Waals surface area contributed by atoms with Crippen LogP contribution in [0.15, 0.2) is 24.5 Å². The quantitative estimate of drug-likeness (QED) is 0.484. The summed E-state index contributed by atoms with van der Waals surface area (Å²) in [6.07, 6.45) is 7.33. The van der Waals surface area contributed by atoms with Gasteiger partial charge in [-0.1, -0.05) is 0 Å². The fourth-order valence-electron chi connectivity index (χ4n) is 5.33. The van der Waals surface area contributed by atoms with E-state index in [0.29, 0.717) is 23.9 Å². The number of nitrogens with one attached hydrogen (secondary N) is 2. The molecular weight excluding hydrogens is 420 g/mol. The van der Waals surface area contributed by atoms with Crippen LogP contribution in [0.3, 0.4) is 0 Å². The Morgan fingerprint density at radius 1 is 1.24 bits per heavy atom. The molecule has 0 unspecified atom stereocenters. The Labute approximate surface area is 190 Å². The first-order valence-corrected chi connectivity index (χ1v) is 11.3. The maximum Gasteiger partial charge on any atom is 0.228 e. The van der Waals surface area contributed by atoms with Gasteiger partial charge >= 0.3 is 0 Å². The van der Waals surface area contributed by atoms with Crippen LogP contribution in [0.4, 0.5) is 5.95 Å². The highest BCUT2D eigenvalue weighted by atomic mass is 16.5. The number of aryl methyl sites for hydroxylation is 1. The highest BCUT2D eigenvalue weighted by Crippen LogP contribution is 2.41. The van der Waals surface area contributed by atoms with Crippen LogP contribution in [0.1, 0.15) is 38.4 Å². The van der Waals surface area contributed by atoms with Crippen LogP contribution >= 0.6 is 0 Å². The summed E-state index contributed by atoms with van der Waals surface area (Å²) in [6, 6.07) is 4.17. The zero-order valence-electron chi connectivity index (χ0n) is 18.9. The summed E-state index contributed by atoms with van der Waals surface area (Å²) in [5.74, 6) is 2.13. The Kier molecular flexibility index (Phi) is 4.33. The van der Waals surface area contributed by atoms with E-state index in [1.165, 1.54) is 0 Å². The van der Waals surface area contributed by atoms with Gasteiger partial charge in [-0.2, -0.15) is 9.97 Å². The molecular formula is C23H26N8O2. The van der Waals surface area contributed by atoms with Gasteiger partial charge in [0.2, 0.25) is 17.7 Å². The number of rotatable bonds is 5. The summed E-state index contributed by atoms with van der Waals surface area (Å²) >= 11 is 0. The molecule has 4 aromatic heterocycles. The van der Waals surface area contributed by atoms with Crippen LogP contribution in [-0.4, -0.2) is 65.6 Å². The van der Waals surface area contributed by atoms with Gasteiger partial charge in [0.25, 0.3) is 0 Å². The van der Waals surface area contributed by atoms with Crippen molar-refractivity contribution in [2.45, 2.75) is 51.1 Å². The van der Waals surface area contributed by atoms with Gasteiger partial charge in [-0.05, 0) is 45.2 Å². The Morgan fingerprint density at radius 2 is 2.09 bits per heavy atom. The predicted octanol–water partition coefficient (Wildman–Crippen LogP) is 2.94. The van der Waals surface area contributed by atoms with E-state index in [4.69, 9.17) is 9.72 Å². The number of methoxy groups -OCH3 is 1. The first-order valence-electron chi connectivity index (χ1n) is 11.3. The minimum absolute atomic E-state index is 0.0714. The summed E-state index contributed by atoms with van der Waals surface area (Å²) in [5, 5.41) is 12.6. The minimum Gasteiger partial charge on any atom is -0.480 e. The molecule has 0 radical (unpaired) electrons. The minimum atomic E-state index is -0.0714. The van der Waals surface area contributed by atoms with Crippen LogP contribution in [-0.2, 0) is 4.79 Å². The fourth-order valence-corrected chi connectivity index (χ4v) is 5.33. The third kappa shape index (κ3) is 3.12. The lowest BCUT2D eigenvalue weighted by molar-refractivity contribution is -0.136. The van der Waals surface area contributed by atoms with Crippen molar-refractivity contribution in [2.75, 3.05) is 19.0 Å². The van der Waals surface area contributed by atoms with Gasteiger partial charge in [-0.25, -0.2) is 0 Å². The number of pyridine rings is 1. The maximum atomic E-state index is 12.2. The summed E-state index contributed by atoms with van der Waals surface area (Å²) < 4.78 is 7.61. The molecule has 1 aliphatic carbocycles. The predicted molar refractivity (Wildman–Crippen MR) is 123 cm³/mol. The fraction of sp³-hybridized carbons (Fsp3) is 0.435. The van der Waals surface area contributed by atoms with Crippen molar-refractivity contribution in [3.05, 3.63) is 30.4 Å². The Hall–Kier alpha value is -3.69. The normalized spacial score (nSPS) is 22.8. The van der Waals surface area contributed by atoms with Crippen LogP contribution in [0.25, 0.3) is 27.8 Å². The second-order valence-electron chi connectivity index (χ2n) is 9.27. The third-order valence-corrected chi connectivity index (χ3v) is 7.01. The third-order valence-electron chi connectivity index (χ3n) is 7.01. The number of hydrogen-bond acceptors (Lipinski definition) is 7. The number of ether oxygens (including phenoxy) is 1. The lowest BCUT2D eigenvalue weighted by Crippen LogP contribution is -2.59. The molecule has 10 heteroatoms. The molecule has 1 saturated carbocycles. The largest absolute Gasteiger partial charge is 0.480 e. The number of anilines is 1. The molecule has 2 N–H and O–H groups in total. The van der Waals surface area contributed by atoms with Crippen molar-refractivity contribution in [3.8, 4) is 17.0 Å². The van der Waals surface area contributed by atoms with Crippen LogP contribution < -0.4 is 10.1 Å². The number of nitrogens with zero attached hydrogens (tertiary/aromatic N) is 6. The monoisotopic (exact) mass is 446 g/mol. The number of aromatic nitrogens is 6. The molecule has 33 heavy (non-hydrogen) atoms. The van der Waals surface area contributed by atoms with Crippen molar-refractivity contribution in [3.63, 3.8) is 0 Å². The van der Waals surface area contributed by atoms with E-state index in [-0.39, 0.29) is 17.5 Å². The molecule has 0 spiro atoms. The van der Waals surface area contributed by atoms with Gasteiger partial charge in [0.1, 0.15) is 11.5 Å². The number of likely N-dealkylation sites (tertiary alicyclic amines) is 1. The highest BCUT2D eigenvalue weighted by Gasteiger charge is 2.48. The van der Waals surface area contributed by atoms with Gasteiger partial charge in [-0.3, -0.25) is 9.20 Å². The Balaban J connectivity index is 1.28. The zero-order chi connectivity index (χ0) is 22.7. The molecule has 170 valence electrons. The number of carbonyl (C=O) groups is 1. The molecule has 0 bridgehead atoms. The van der Waals surface area contributed by atoms with E-state index in [0.717, 1.165) is 53.8 Å². The molecule has 10 nitrogen and oxygen atoms in total. The average molecular weight is 447 g/mol. The van der Waals surface area contributed by atoms with E-state index in [9.17, 15) is 4.79 Å². The number of amides is 1. The zero-order valence-corrected chi connectivity index (χ0v) is 18.9. The summed E-state index contributed by atoms with van der Waals surface area (Å²) in [4.78, 5) is 26.8. The van der Waals surface area contributed by atoms with Crippen LogP contribution in [0, 0.1) is 6.92 Å². The first kappa shape index (κ1) is 20.0. The van der Waals surface area contributed by atoms with Crippen molar-refractivity contribution in [1.29, 1.82) is 0 Å². The number of carbonyl (C=O) groups excluding carboxylic acids is 1. The molecule has 2 fully saturated rings. The van der Waals surface area contributed by atoms with Crippen molar-refractivity contribution in [1.82, 2.24) is 34.4 Å². The molecule has 2 aliphatic rings. The van der Waals surface area contributed by atoms with Crippen LogP contribution in [0.2, 0.25) is 0 Å². The standard InChI is InChI=1S/C23H26N8O2/c1-13-28-29-17-7-6-14(12-30(13)17)16-11-24-20-19(16)21(33-3)27-22(26-20)25-15-9-23(2,10-15)31-8-4-5-18(31)32/h6-7,11-12,15H,4-5,8-10H2,1-3H3,(H2,24,25,26,27)/t15-,23-.